The van der Waals surface area contributed by atoms with Gasteiger partial charge in [0, 0.05) is 0 Å². The fourth-order valence-electron chi connectivity index (χ4n) is 2.12. The summed E-state index contributed by atoms with van der Waals surface area (Å²) in [5, 5.41) is 17.9. The summed E-state index contributed by atoms with van der Waals surface area (Å²) in [6, 6.07) is 0. The zero-order valence-electron chi connectivity index (χ0n) is 10.3. The van der Waals surface area contributed by atoms with Gasteiger partial charge in [0.2, 0.25) is 0 Å². The molecule has 0 aromatic carbocycles. The third kappa shape index (κ3) is 2.95. The van der Waals surface area contributed by atoms with Gasteiger partial charge >= 0.3 is 41.5 Å². The van der Waals surface area contributed by atoms with E-state index in [9.17, 15) is 9.59 Å². The SMILES string of the molecule is CC(C(=O)O)(C(=O)O)C1CCCCC1.[H-].[Na+]. The Hall–Kier alpha value is -0.0600. The van der Waals surface area contributed by atoms with Gasteiger partial charge in [-0.05, 0) is 25.7 Å². The Labute approximate surface area is 113 Å². The first-order chi connectivity index (χ1) is 6.49. The number of carboxylic acid groups (broad SMARTS) is 2. The summed E-state index contributed by atoms with van der Waals surface area (Å²) in [4.78, 5) is 22.0. The molecule has 0 heterocycles. The molecule has 0 bridgehead atoms. The Morgan fingerprint density at radius 2 is 1.53 bits per heavy atom. The topological polar surface area (TPSA) is 74.6 Å². The van der Waals surface area contributed by atoms with Crippen molar-refractivity contribution in [1.29, 1.82) is 0 Å². The molecule has 5 heteroatoms. The fourth-order valence-corrected chi connectivity index (χ4v) is 2.12. The van der Waals surface area contributed by atoms with Gasteiger partial charge < -0.3 is 11.6 Å². The van der Waals surface area contributed by atoms with Crippen LogP contribution in [0.15, 0.2) is 0 Å². The van der Waals surface area contributed by atoms with E-state index in [1.54, 1.807) is 0 Å². The molecular weight excluding hydrogens is 207 g/mol. The van der Waals surface area contributed by atoms with Gasteiger partial charge in [0.15, 0.2) is 5.41 Å². The molecule has 0 spiro atoms. The Morgan fingerprint density at radius 1 is 1.13 bits per heavy atom. The van der Waals surface area contributed by atoms with Crippen molar-refractivity contribution in [2.75, 3.05) is 0 Å². The van der Waals surface area contributed by atoms with Crippen LogP contribution in [0.5, 0.6) is 0 Å². The molecule has 1 rings (SSSR count). The minimum atomic E-state index is -1.60. The quantitative estimate of drug-likeness (QED) is 0.469. The predicted molar refractivity (Wildman–Crippen MR) is 51.1 cm³/mol. The predicted octanol–water partition coefficient (Wildman–Crippen LogP) is -1.14. The van der Waals surface area contributed by atoms with E-state index in [1.807, 2.05) is 0 Å². The second kappa shape index (κ2) is 5.87. The van der Waals surface area contributed by atoms with Gasteiger partial charge in [-0.3, -0.25) is 9.59 Å². The van der Waals surface area contributed by atoms with Crippen molar-refractivity contribution in [1.82, 2.24) is 0 Å². The first kappa shape index (κ1) is 14.9. The molecule has 2 N–H and O–H groups in total. The molecule has 1 aliphatic rings. The minimum Gasteiger partial charge on any atom is -1.00 e. The summed E-state index contributed by atoms with van der Waals surface area (Å²) in [5.74, 6) is -2.64. The van der Waals surface area contributed by atoms with Gasteiger partial charge in [0.1, 0.15) is 0 Å². The van der Waals surface area contributed by atoms with Crippen LogP contribution >= 0.6 is 0 Å². The number of hydrogen-bond donors (Lipinski definition) is 2. The van der Waals surface area contributed by atoms with Crippen molar-refractivity contribution in [3.8, 4) is 0 Å². The van der Waals surface area contributed by atoms with Crippen LogP contribution in [-0.4, -0.2) is 22.2 Å². The molecule has 1 saturated carbocycles. The van der Waals surface area contributed by atoms with Crippen molar-refractivity contribution in [3.63, 3.8) is 0 Å². The zero-order chi connectivity index (χ0) is 10.8. The number of carboxylic acids is 2. The molecule has 82 valence electrons. The molecule has 1 fully saturated rings. The Kier molecular flexibility index (Phi) is 5.85. The van der Waals surface area contributed by atoms with Gasteiger partial charge in [-0.2, -0.15) is 0 Å². The van der Waals surface area contributed by atoms with Crippen LogP contribution in [0.3, 0.4) is 0 Å². The molecule has 0 aliphatic heterocycles. The van der Waals surface area contributed by atoms with E-state index >= 15 is 0 Å². The number of rotatable bonds is 3. The molecule has 0 unspecified atom stereocenters. The van der Waals surface area contributed by atoms with Crippen molar-refractivity contribution < 1.29 is 50.8 Å². The standard InChI is InChI=1S/C10H16O4.Na.H/c1-10(8(11)12,9(13)14)7-5-3-2-4-6-7;;/h7H,2-6H2,1H3,(H,11,12)(H,13,14);;/q;+1;-1. The first-order valence-electron chi connectivity index (χ1n) is 4.96. The Balaban J connectivity index is 0. The van der Waals surface area contributed by atoms with Crippen LogP contribution in [0, 0.1) is 11.3 Å². The van der Waals surface area contributed by atoms with Gasteiger partial charge in [-0.25, -0.2) is 0 Å². The van der Waals surface area contributed by atoms with Crippen LogP contribution < -0.4 is 29.6 Å². The van der Waals surface area contributed by atoms with Crippen LogP contribution in [0.25, 0.3) is 0 Å². The smallest absolute Gasteiger partial charge is 1.00 e. The fraction of sp³-hybridized carbons (Fsp3) is 0.800. The molecule has 0 aromatic rings. The van der Waals surface area contributed by atoms with Crippen LogP contribution in [-0.2, 0) is 9.59 Å². The van der Waals surface area contributed by atoms with Gasteiger partial charge in [0.05, 0.1) is 0 Å². The molecule has 4 nitrogen and oxygen atoms in total. The van der Waals surface area contributed by atoms with Crippen molar-refractivity contribution >= 4 is 11.9 Å². The minimum absolute atomic E-state index is 0. The third-order valence-corrected chi connectivity index (χ3v) is 3.31. The second-order valence-corrected chi connectivity index (χ2v) is 4.15. The van der Waals surface area contributed by atoms with Gasteiger partial charge in [-0.1, -0.05) is 19.3 Å². The molecule has 15 heavy (non-hydrogen) atoms. The largest absolute Gasteiger partial charge is 1.00 e. The van der Waals surface area contributed by atoms with E-state index in [2.05, 4.69) is 0 Å². The summed E-state index contributed by atoms with van der Waals surface area (Å²) in [6.45, 7) is 1.33. The summed E-state index contributed by atoms with van der Waals surface area (Å²) in [6.07, 6.45) is 4.41. The number of hydrogen-bond acceptors (Lipinski definition) is 2. The van der Waals surface area contributed by atoms with E-state index in [0.717, 1.165) is 32.1 Å². The van der Waals surface area contributed by atoms with E-state index in [-0.39, 0.29) is 36.9 Å². The maximum Gasteiger partial charge on any atom is 1.00 e. The van der Waals surface area contributed by atoms with Crippen molar-refractivity contribution in [3.05, 3.63) is 0 Å². The number of aliphatic carboxylic acids is 2. The van der Waals surface area contributed by atoms with Crippen molar-refractivity contribution in [2.45, 2.75) is 39.0 Å². The Bertz CT molecular complexity index is 237. The average molecular weight is 224 g/mol. The number of carbonyl (C=O) groups is 2. The molecule has 1 aliphatic carbocycles. The van der Waals surface area contributed by atoms with Gasteiger partial charge in [0.25, 0.3) is 0 Å². The van der Waals surface area contributed by atoms with E-state index in [0.29, 0.717) is 0 Å². The van der Waals surface area contributed by atoms with E-state index in [4.69, 9.17) is 10.2 Å². The van der Waals surface area contributed by atoms with E-state index < -0.39 is 17.4 Å². The second-order valence-electron chi connectivity index (χ2n) is 4.15. The van der Waals surface area contributed by atoms with Crippen LogP contribution in [0.2, 0.25) is 0 Å². The maximum absolute atomic E-state index is 11.0. The zero-order valence-corrected chi connectivity index (χ0v) is 11.3. The molecular formula is C10H17NaO4. The summed E-state index contributed by atoms with van der Waals surface area (Å²) < 4.78 is 0. The van der Waals surface area contributed by atoms with Crippen LogP contribution in [0.1, 0.15) is 40.5 Å². The average Bonchev–Trinajstić information content (AvgIpc) is 2.17. The first-order valence-corrected chi connectivity index (χ1v) is 4.96. The van der Waals surface area contributed by atoms with Gasteiger partial charge in [-0.15, -0.1) is 0 Å². The molecule has 0 aromatic heterocycles. The summed E-state index contributed by atoms with van der Waals surface area (Å²) >= 11 is 0. The summed E-state index contributed by atoms with van der Waals surface area (Å²) in [7, 11) is 0. The molecule has 0 saturated heterocycles. The maximum atomic E-state index is 11.0. The summed E-state index contributed by atoms with van der Waals surface area (Å²) in [5.41, 5.74) is -1.60. The van der Waals surface area contributed by atoms with Crippen LogP contribution in [0.4, 0.5) is 0 Å². The normalized spacial score (nSPS) is 17.9. The molecule has 0 atom stereocenters. The van der Waals surface area contributed by atoms with Crippen molar-refractivity contribution in [2.24, 2.45) is 11.3 Å². The third-order valence-electron chi connectivity index (χ3n) is 3.31. The Morgan fingerprint density at radius 3 is 1.87 bits per heavy atom. The molecule has 0 radical (unpaired) electrons. The van der Waals surface area contributed by atoms with E-state index in [1.165, 1.54) is 6.92 Å². The molecule has 0 amide bonds. The monoisotopic (exact) mass is 224 g/mol.